The lowest BCUT2D eigenvalue weighted by Crippen LogP contribution is -2.59. The smallest absolute Gasteiger partial charge is 0.246 e. The SMILES string of the molecule is Cc1ncsc1-c1ccc(CNC(=O)[C@@H]2C[C@@H](O)CN2C(=O)[C@@H](NC(=O)[C@H]2C[C@@H](CN(C)Cc3cnc(N4C5CCC4CN(c4cc(-c6ccccc6O)nnc4N)C5)nc3)C2)C(C)(C)C)cc1. The number of amides is 3. The number of para-hydroxylation sites is 1. The number of aromatic hydroxyl groups is 1. The summed E-state index contributed by atoms with van der Waals surface area (Å²) in [5, 5.41) is 35.6. The lowest BCUT2D eigenvalue weighted by molar-refractivity contribution is -0.145. The highest BCUT2D eigenvalue weighted by Gasteiger charge is 2.46. The molecule has 6 N–H and O–H groups in total. The number of hydrogen-bond acceptors (Lipinski definition) is 15. The number of nitrogens with one attached hydrogen (secondary N) is 2. The number of phenols is 1. The number of nitrogens with zero attached hydrogens (tertiary/aromatic N) is 9. The van der Waals surface area contributed by atoms with Crippen LogP contribution in [0.15, 0.2) is 72.5 Å². The molecule has 1 saturated carbocycles. The Balaban J connectivity index is 0.740. The number of carbonyl (C=O) groups excluding carboxylic acids is 3. The molecule has 2 bridgehead atoms. The number of piperazine rings is 1. The molecule has 0 radical (unpaired) electrons. The standard InChI is InChI=1S/C50H62N12O5S/c1-29-43(68-28-55-29)33-12-10-30(11-13-33)20-52-47(66)41-18-37(63)27-61(41)48(67)44(50(2,3)4)56-46(65)34-16-31(17-34)23-59(5)24-32-21-53-49(54-22-32)62-35-14-15-36(62)26-60(25-35)40-19-39(57-58-45(40)51)38-8-6-7-9-42(38)64/h6-13,19,21-22,28,31,34-37,41,44,63-64H,14-18,20,23-27H2,1-5H3,(H2,51,58)(H,52,66)(H,56,65)/t31-,34+,35?,36?,37-,41+,44-/m1/s1. The summed E-state index contributed by atoms with van der Waals surface area (Å²) in [5.41, 5.74) is 13.5. The van der Waals surface area contributed by atoms with Crippen LogP contribution < -0.4 is 26.2 Å². The topological polar surface area (TPSA) is 219 Å². The molecule has 9 rings (SSSR count). The van der Waals surface area contributed by atoms with Gasteiger partial charge in [-0.25, -0.2) is 15.0 Å². The van der Waals surface area contributed by atoms with Crippen LogP contribution in [0.1, 0.15) is 69.7 Å². The number of fused-ring (bicyclic) bond motifs is 2. The molecule has 1 aliphatic carbocycles. The fourth-order valence-electron chi connectivity index (χ4n) is 10.4. The van der Waals surface area contributed by atoms with Gasteiger partial charge >= 0.3 is 0 Å². The first-order valence-electron chi connectivity index (χ1n) is 23.6. The maximum atomic E-state index is 14.2. The summed E-state index contributed by atoms with van der Waals surface area (Å²) in [6.07, 6.45) is 6.55. The van der Waals surface area contributed by atoms with Crippen LogP contribution in [0.2, 0.25) is 0 Å². The first kappa shape index (κ1) is 46.9. The Morgan fingerprint density at radius 1 is 0.926 bits per heavy atom. The van der Waals surface area contributed by atoms with Crippen molar-refractivity contribution in [1.29, 1.82) is 0 Å². The van der Waals surface area contributed by atoms with Gasteiger partial charge in [0.1, 0.15) is 17.8 Å². The maximum Gasteiger partial charge on any atom is 0.246 e. The predicted molar refractivity (Wildman–Crippen MR) is 261 cm³/mol. The van der Waals surface area contributed by atoms with Crippen LogP contribution in [-0.4, -0.2) is 126 Å². The zero-order valence-electron chi connectivity index (χ0n) is 39.4. The van der Waals surface area contributed by atoms with Crippen LogP contribution in [0.4, 0.5) is 17.5 Å². The van der Waals surface area contributed by atoms with E-state index in [0.29, 0.717) is 42.4 Å². The average Bonchev–Trinajstić information content (AvgIpc) is 3.99. The number of β-amino-alcohol motifs (C(OH)–C–C–N with tert-alkyl or cyclic N) is 1. The lowest BCUT2D eigenvalue weighted by atomic mass is 9.73. The highest BCUT2D eigenvalue weighted by Crippen LogP contribution is 2.39. The molecule has 17 nitrogen and oxygen atoms in total. The molecular weight excluding hydrogens is 881 g/mol. The number of rotatable bonds is 14. The molecule has 6 heterocycles. The van der Waals surface area contributed by atoms with Gasteiger partial charge in [0, 0.05) is 87.2 Å². The molecule has 18 heteroatoms. The Hall–Kier alpha value is -6.24. The molecule has 358 valence electrons. The number of likely N-dealkylation sites (tertiary alicyclic amines) is 1. The number of thiazole rings is 1. The van der Waals surface area contributed by atoms with E-state index in [0.717, 1.165) is 71.4 Å². The van der Waals surface area contributed by atoms with Gasteiger partial charge in [-0.05, 0) is 80.3 Å². The van der Waals surface area contributed by atoms with Gasteiger partial charge in [-0.15, -0.1) is 21.5 Å². The lowest BCUT2D eigenvalue weighted by Gasteiger charge is -2.42. The molecular formula is C50H62N12O5S. The van der Waals surface area contributed by atoms with Gasteiger partial charge in [0.15, 0.2) is 5.82 Å². The Bertz CT molecular complexity index is 2600. The molecule has 3 aliphatic heterocycles. The maximum absolute atomic E-state index is 14.2. The number of benzene rings is 2. The number of hydrogen-bond donors (Lipinski definition) is 5. The second kappa shape index (κ2) is 19.4. The minimum atomic E-state index is -0.871. The Labute approximate surface area is 401 Å². The number of phenolic OH excluding ortho intramolecular Hbond substituents is 1. The molecule has 5 aromatic rings. The van der Waals surface area contributed by atoms with Crippen molar-refractivity contribution < 1.29 is 24.6 Å². The van der Waals surface area contributed by atoms with Gasteiger partial charge in [0.2, 0.25) is 23.7 Å². The first-order chi connectivity index (χ1) is 32.6. The molecule has 3 amide bonds. The predicted octanol–water partition coefficient (Wildman–Crippen LogP) is 4.78. The molecule has 3 aromatic heterocycles. The van der Waals surface area contributed by atoms with Crippen molar-refractivity contribution in [2.24, 2.45) is 17.3 Å². The molecule has 68 heavy (non-hydrogen) atoms. The zero-order valence-corrected chi connectivity index (χ0v) is 40.2. The number of nitrogens with two attached hydrogens (primary N) is 1. The fourth-order valence-corrected chi connectivity index (χ4v) is 11.2. The van der Waals surface area contributed by atoms with E-state index in [1.54, 1.807) is 23.5 Å². The van der Waals surface area contributed by atoms with Crippen LogP contribution in [0.25, 0.3) is 21.7 Å². The molecule has 0 spiro atoms. The third-order valence-electron chi connectivity index (χ3n) is 14.0. The summed E-state index contributed by atoms with van der Waals surface area (Å²) in [5.74, 6) is 0.469. The molecule has 4 fully saturated rings. The number of anilines is 3. The second-order valence-corrected chi connectivity index (χ2v) is 21.1. The number of aryl methyl sites for hydroxylation is 1. The van der Waals surface area contributed by atoms with E-state index in [2.05, 4.69) is 47.6 Å². The third-order valence-corrected chi connectivity index (χ3v) is 15.0. The highest BCUT2D eigenvalue weighted by molar-refractivity contribution is 7.13. The van der Waals surface area contributed by atoms with Crippen molar-refractivity contribution in [1.82, 2.24) is 45.6 Å². The quantitative estimate of drug-likeness (QED) is 0.101. The van der Waals surface area contributed by atoms with E-state index in [4.69, 9.17) is 15.7 Å². The average molecular weight is 943 g/mol. The summed E-state index contributed by atoms with van der Waals surface area (Å²) in [6, 6.07) is 15.6. The summed E-state index contributed by atoms with van der Waals surface area (Å²) in [6.45, 7) is 10.9. The molecule has 2 aromatic carbocycles. The van der Waals surface area contributed by atoms with E-state index >= 15 is 0 Å². The summed E-state index contributed by atoms with van der Waals surface area (Å²) < 4.78 is 0. The molecule has 5 atom stereocenters. The van der Waals surface area contributed by atoms with Gasteiger partial charge in [-0.2, -0.15) is 0 Å². The number of aromatic nitrogens is 5. The van der Waals surface area contributed by atoms with Crippen LogP contribution in [0, 0.1) is 24.2 Å². The van der Waals surface area contributed by atoms with Crippen molar-refractivity contribution in [3.05, 3.63) is 89.3 Å². The van der Waals surface area contributed by atoms with Gasteiger partial charge in [0.25, 0.3) is 0 Å². The second-order valence-electron chi connectivity index (χ2n) is 20.2. The molecule has 2 unspecified atom stereocenters. The minimum absolute atomic E-state index is 0.0251. The van der Waals surface area contributed by atoms with Gasteiger partial charge in [-0.1, -0.05) is 57.2 Å². The first-order valence-corrected chi connectivity index (χ1v) is 24.5. The largest absolute Gasteiger partial charge is 0.507 e. The molecule has 4 aliphatic rings. The van der Waals surface area contributed by atoms with E-state index in [9.17, 15) is 24.6 Å². The van der Waals surface area contributed by atoms with Gasteiger partial charge in [-0.3, -0.25) is 14.4 Å². The van der Waals surface area contributed by atoms with Crippen molar-refractivity contribution in [3.63, 3.8) is 0 Å². The number of carbonyl (C=O) groups is 3. The zero-order chi connectivity index (χ0) is 47.9. The Kier molecular flexibility index (Phi) is 13.4. The van der Waals surface area contributed by atoms with Crippen LogP contribution in [0.5, 0.6) is 5.75 Å². The van der Waals surface area contributed by atoms with Crippen molar-refractivity contribution >= 4 is 46.5 Å². The normalized spacial score (nSPS) is 22.8. The number of nitrogen functional groups attached to an aromatic ring is 1. The summed E-state index contributed by atoms with van der Waals surface area (Å²) >= 11 is 1.58. The van der Waals surface area contributed by atoms with Gasteiger partial charge in [0.05, 0.1) is 33.6 Å². The number of aliphatic hydroxyl groups is 1. The van der Waals surface area contributed by atoms with Crippen molar-refractivity contribution in [2.45, 2.75) is 103 Å². The Morgan fingerprint density at radius 2 is 1.63 bits per heavy atom. The fraction of sp³-hybridized carbons (Fsp3) is 0.480. The summed E-state index contributed by atoms with van der Waals surface area (Å²) in [4.78, 5) is 64.9. The monoisotopic (exact) mass is 942 g/mol. The summed E-state index contributed by atoms with van der Waals surface area (Å²) in [7, 11) is 2.07. The van der Waals surface area contributed by atoms with E-state index in [1.165, 1.54) is 4.90 Å². The van der Waals surface area contributed by atoms with Crippen molar-refractivity contribution in [3.8, 4) is 27.4 Å². The van der Waals surface area contributed by atoms with E-state index < -0.39 is 23.6 Å². The Morgan fingerprint density at radius 3 is 2.29 bits per heavy atom. The molecule has 3 saturated heterocycles. The number of aliphatic hydroxyl groups excluding tert-OH is 1. The van der Waals surface area contributed by atoms with Crippen molar-refractivity contribution in [2.75, 3.05) is 48.8 Å². The highest BCUT2D eigenvalue weighted by atomic mass is 32.1. The van der Waals surface area contributed by atoms with Gasteiger partial charge < -0.3 is 46.2 Å². The van der Waals surface area contributed by atoms with Crippen LogP contribution in [-0.2, 0) is 27.5 Å². The minimum Gasteiger partial charge on any atom is -0.507 e. The van der Waals surface area contributed by atoms with E-state index in [-0.39, 0.29) is 61.0 Å². The third kappa shape index (κ3) is 9.98. The van der Waals surface area contributed by atoms with Crippen LogP contribution in [0.3, 0.4) is 0 Å². The van der Waals surface area contributed by atoms with Crippen LogP contribution >= 0.6 is 11.3 Å². The van der Waals surface area contributed by atoms with E-state index in [1.807, 2.05) is 88.1 Å².